The SMILES string of the molecule is CC1(CNCc2ccc(O)cn2)COC1. The van der Waals surface area contributed by atoms with Gasteiger partial charge in [-0.15, -0.1) is 0 Å². The molecule has 0 aliphatic carbocycles. The summed E-state index contributed by atoms with van der Waals surface area (Å²) >= 11 is 0. The van der Waals surface area contributed by atoms with Gasteiger partial charge in [-0.3, -0.25) is 4.98 Å². The van der Waals surface area contributed by atoms with Crippen molar-refractivity contribution in [2.45, 2.75) is 13.5 Å². The first-order valence-electron chi connectivity index (χ1n) is 5.10. The van der Waals surface area contributed by atoms with Crippen molar-refractivity contribution < 1.29 is 9.84 Å². The molecule has 1 aromatic heterocycles. The average molecular weight is 208 g/mol. The van der Waals surface area contributed by atoms with E-state index in [1.807, 2.05) is 6.07 Å². The highest BCUT2D eigenvalue weighted by atomic mass is 16.5. The zero-order valence-electron chi connectivity index (χ0n) is 8.86. The van der Waals surface area contributed by atoms with Crippen LogP contribution in [0.2, 0.25) is 0 Å². The second kappa shape index (κ2) is 4.16. The van der Waals surface area contributed by atoms with E-state index in [2.05, 4.69) is 17.2 Å². The maximum Gasteiger partial charge on any atom is 0.133 e. The summed E-state index contributed by atoms with van der Waals surface area (Å²) in [6.45, 7) is 5.55. The van der Waals surface area contributed by atoms with Crippen molar-refractivity contribution in [3.8, 4) is 5.75 Å². The first-order valence-corrected chi connectivity index (χ1v) is 5.10. The smallest absolute Gasteiger partial charge is 0.133 e. The number of hydrogen-bond donors (Lipinski definition) is 2. The Morgan fingerprint density at radius 3 is 2.87 bits per heavy atom. The molecule has 1 fully saturated rings. The number of pyridine rings is 1. The predicted octanol–water partition coefficient (Wildman–Crippen LogP) is 0.913. The van der Waals surface area contributed by atoms with Crippen LogP contribution in [0.25, 0.3) is 0 Å². The van der Waals surface area contributed by atoms with Crippen molar-refractivity contribution >= 4 is 0 Å². The lowest BCUT2D eigenvalue weighted by atomic mass is 9.89. The lowest BCUT2D eigenvalue weighted by Crippen LogP contribution is -2.47. The molecule has 0 radical (unpaired) electrons. The number of aromatic nitrogens is 1. The maximum absolute atomic E-state index is 9.06. The van der Waals surface area contributed by atoms with Crippen LogP contribution in [0.3, 0.4) is 0 Å². The molecule has 0 atom stereocenters. The lowest BCUT2D eigenvalue weighted by Gasteiger charge is -2.38. The summed E-state index contributed by atoms with van der Waals surface area (Å²) < 4.78 is 5.17. The molecule has 0 amide bonds. The number of rotatable bonds is 4. The van der Waals surface area contributed by atoms with E-state index in [-0.39, 0.29) is 11.2 Å². The Balaban J connectivity index is 1.76. The molecule has 0 unspecified atom stereocenters. The molecule has 1 aromatic rings. The number of aromatic hydroxyl groups is 1. The van der Waals surface area contributed by atoms with Crippen LogP contribution in [0.4, 0.5) is 0 Å². The minimum absolute atomic E-state index is 0.207. The molecule has 1 saturated heterocycles. The zero-order valence-corrected chi connectivity index (χ0v) is 8.86. The topological polar surface area (TPSA) is 54.4 Å². The number of hydrogen-bond acceptors (Lipinski definition) is 4. The molecular formula is C11H16N2O2. The quantitative estimate of drug-likeness (QED) is 0.772. The maximum atomic E-state index is 9.06. The van der Waals surface area contributed by atoms with Crippen LogP contribution >= 0.6 is 0 Å². The van der Waals surface area contributed by atoms with Crippen molar-refractivity contribution in [3.63, 3.8) is 0 Å². The number of ether oxygens (including phenoxy) is 1. The van der Waals surface area contributed by atoms with Crippen molar-refractivity contribution in [1.82, 2.24) is 10.3 Å². The molecule has 0 saturated carbocycles. The molecule has 0 bridgehead atoms. The van der Waals surface area contributed by atoms with E-state index in [9.17, 15) is 0 Å². The van der Waals surface area contributed by atoms with E-state index in [0.717, 1.165) is 32.0 Å². The summed E-state index contributed by atoms with van der Waals surface area (Å²) in [5.74, 6) is 0.207. The molecule has 4 heteroatoms. The average Bonchev–Trinajstić information content (AvgIpc) is 2.19. The Bertz CT molecular complexity index is 320. The molecule has 1 aliphatic rings. The fraction of sp³-hybridized carbons (Fsp3) is 0.545. The van der Waals surface area contributed by atoms with E-state index in [4.69, 9.17) is 9.84 Å². The highest BCUT2D eigenvalue weighted by Gasteiger charge is 2.32. The van der Waals surface area contributed by atoms with Crippen molar-refractivity contribution in [3.05, 3.63) is 24.0 Å². The summed E-state index contributed by atoms with van der Waals surface area (Å²) in [6.07, 6.45) is 1.46. The van der Waals surface area contributed by atoms with Crippen LogP contribution in [0.15, 0.2) is 18.3 Å². The fourth-order valence-electron chi connectivity index (χ4n) is 1.57. The van der Waals surface area contributed by atoms with Gasteiger partial charge in [-0.1, -0.05) is 6.92 Å². The molecule has 1 aliphatic heterocycles. The Labute approximate surface area is 89.3 Å². The van der Waals surface area contributed by atoms with Crippen molar-refractivity contribution in [2.75, 3.05) is 19.8 Å². The van der Waals surface area contributed by atoms with Crippen LogP contribution in [0.5, 0.6) is 5.75 Å². The van der Waals surface area contributed by atoms with E-state index in [1.165, 1.54) is 6.20 Å². The van der Waals surface area contributed by atoms with E-state index in [0.29, 0.717) is 0 Å². The zero-order chi connectivity index (χ0) is 10.7. The van der Waals surface area contributed by atoms with Gasteiger partial charge in [0.05, 0.1) is 25.1 Å². The Kier molecular flexibility index (Phi) is 2.88. The summed E-state index contributed by atoms with van der Waals surface area (Å²) in [5.41, 5.74) is 1.23. The highest BCUT2D eigenvalue weighted by Crippen LogP contribution is 2.25. The molecule has 2 rings (SSSR count). The van der Waals surface area contributed by atoms with Crippen LogP contribution in [0.1, 0.15) is 12.6 Å². The van der Waals surface area contributed by atoms with Gasteiger partial charge in [-0.25, -0.2) is 0 Å². The van der Waals surface area contributed by atoms with E-state index < -0.39 is 0 Å². The van der Waals surface area contributed by atoms with Gasteiger partial charge in [-0.05, 0) is 12.1 Å². The fourth-order valence-corrected chi connectivity index (χ4v) is 1.57. The second-order valence-corrected chi connectivity index (χ2v) is 4.41. The van der Waals surface area contributed by atoms with Gasteiger partial charge in [0.15, 0.2) is 0 Å². The first kappa shape index (κ1) is 10.4. The third-order valence-corrected chi connectivity index (χ3v) is 2.57. The monoisotopic (exact) mass is 208 g/mol. The van der Waals surface area contributed by atoms with Gasteiger partial charge in [0.2, 0.25) is 0 Å². The third kappa shape index (κ3) is 2.67. The Hall–Kier alpha value is -1.13. The van der Waals surface area contributed by atoms with Gasteiger partial charge < -0.3 is 15.2 Å². The number of nitrogens with zero attached hydrogens (tertiary/aromatic N) is 1. The Morgan fingerprint density at radius 2 is 2.33 bits per heavy atom. The summed E-state index contributed by atoms with van der Waals surface area (Å²) in [4.78, 5) is 4.10. The number of nitrogens with one attached hydrogen (secondary N) is 1. The van der Waals surface area contributed by atoms with Gasteiger partial charge in [0.1, 0.15) is 5.75 Å². The summed E-state index contributed by atoms with van der Waals surface area (Å²) in [5, 5.41) is 12.4. The minimum Gasteiger partial charge on any atom is -0.506 e. The molecule has 0 spiro atoms. The molecular weight excluding hydrogens is 192 g/mol. The van der Waals surface area contributed by atoms with Crippen LogP contribution in [-0.4, -0.2) is 29.8 Å². The predicted molar refractivity (Wildman–Crippen MR) is 56.5 cm³/mol. The molecule has 0 aromatic carbocycles. The van der Waals surface area contributed by atoms with E-state index in [1.54, 1.807) is 6.07 Å². The van der Waals surface area contributed by atoms with E-state index >= 15 is 0 Å². The standard InChI is InChI=1S/C11H16N2O2/c1-11(7-15-8-11)6-12-4-9-2-3-10(14)5-13-9/h2-3,5,12,14H,4,6-8H2,1H3. The Morgan fingerprint density at radius 1 is 1.53 bits per heavy atom. The van der Waals surface area contributed by atoms with Crippen LogP contribution < -0.4 is 5.32 Å². The molecule has 2 N–H and O–H groups in total. The molecule has 82 valence electrons. The molecule has 2 heterocycles. The minimum atomic E-state index is 0.207. The highest BCUT2D eigenvalue weighted by molar-refractivity contribution is 5.17. The van der Waals surface area contributed by atoms with Crippen LogP contribution in [-0.2, 0) is 11.3 Å². The van der Waals surface area contributed by atoms with Crippen molar-refractivity contribution in [2.24, 2.45) is 5.41 Å². The lowest BCUT2D eigenvalue weighted by molar-refractivity contribution is -0.0991. The van der Waals surface area contributed by atoms with Gasteiger partial charge in [0, 0.05) is 18.5 Å². The normalized spacial score (nSPS) is 18.5. The summed E-state index contributed by atoms with van der Waals surface area (Å²) in [7, 11) is 0. The van der Waals surface area contributed by atoms with Gasteiger partial charge in [0.25, 0.3) is 0 Å². The van der Waals surface area contributed by atoms with Crippen molar-refractivity contribution in [1.29, 1.82) is 0 Å². The molecule has 4 nitrogen and oxygen atoms in total. The summed E-state index contributed by atoms with van der Waals surface area (Å²) in [6, 6.07) is 3.47. The first-order chi connectivity index (χ1) is 7.18. The van der Waals surface area contributed by atoms with Crippen LogP contribution in [0, 0.1) is 5.41 Å². The molecule has 15 heavy (non-hydrogen) atoms. The second-order valence-electron chi connectivity index (χ2n) is 4.41. The largest absolute Gasteiger partial charge is 0.506 e. The van der Waals surface area contributed by atoms with Gasteiger partial charge in [-0.2, -0.15) is 0 Å². The van der Waals surface area contributed by atoms with Gasteiger partial charge >= 0.3 is 0 Å². The third-order valence-electron chi connectivity index (χ3n) is 2.57.